The second kappa shape index (κ2) is 4.81. The van der Waals surface area contributed by atoms with Gasteiger partial charge in [-0.05, 0) is 19.3 Å². The Morgan fingerprint density at radius 3 is 2.67 bits per heavy atom. The van der Waals surface area contributed by atoms with Gasteiger partial charge in [-0.2, -0.15) is 0 Å². The molecule has 1 saturated carbocycles. The van der Waals surface area contributed by atoms with Crippen molar-refractivity contribution in [2.24, 2.45) is 0 Å². The van der Waals surface area contributed by atoms with Gasteiger partial charge in [0.1, 0.15) is 0 Å². The molecule has 0 aromatic heterocycles. The quantitative estimate of drug-likeness (QED) is 0.769. The van der Waals surface area contributed by atoms with Crippen molar-refractivity contribution >= 4 is 0 Å². The topological polar surface area (TPSA) is 32.7 Å². The van der Waals surface area contributed by atoms with Gasteiger partial charge in [-0.3, -0.25) is 4.90 Å². The lowest BCUT2D eigenvalue weighted by Crippen LogP contribution is -2.43. The molecule has 0 spiro atoms. The molecule has 2 fully saturated rings. The Bertz CT molecular complexity index is 202. The minimum Gasteiger partial charge on any atom is -0.389 e. The first-order valence-electron chi connectivity index (χ1n) is 6.19. The summed E-state index contributed by atoms with van der Waals surface area (Å²) in [6.45, 7) is 2.94. The van der Waals surface area contributed by atoms with Gasteiger partial charge in [0.2, 0.25) is 0 Å². The fraction of sp³-hybridized carbons (Fsp3) is 1.00. The Labute approximate surface area is 92.4 Å². The van der Waals surface area contributed by atoms with Crippen molar-refractivity contribution < 1.29 is 9.84 Å². The molecule has 0 amide bonds. The summed E-state index contributed by atoms with van der Waals surface area (Å²) in [7, 11) is 1.78. The average Bonchev–Trinajstić information content (AvgIpc) is 2.66. The van der Waals surface area contributed by atoms with E-state index in [-0.39, 0.29) is 0 Å². The van der Waals surface area contributed by atoms with Crippen molar-refractivity contribution in [3.63, 3.8) is 0 Å². The molecule has 3 nitrogen and oxygen atoms in total. The summed E-state index contributed by atoms with van der Waals surface area (Å²) in [5, 5.41) is 10.4. The summed E-state index contributed by atoms with van der Waals surface area (Å²) < 4.78 is 5.34. The fourth-order valence-corrected chi connectivity index (χ4v) is 2.92. The first-order chi connectivity index (χ1) is 7.22. The fourth-order valence-electron chi connectivity index (χ4n) is 2.92. The Balaban J connectivity index is 1.80. The Morgan fingerprint density at radius 2 is 2.07 bits per heavy atom. The van der Waals surface area contributed by atoms with E-state index in [0.29, 0.717) is 6.10 Å². The smallest absolute Gasteiger partial charge is 0.0774 e. The highest BCUT2D eigenvalue weighted by Crippen LogP contribution is 2.29. The van der Waals surface area contributed by atoms with Crippen molar-refractivity contribution in [3.05, 3.63) is 0 Å². The number of rotatable bonds is 3. The second-order valence-electron chi connectivity index (χ2n) is 5.17. The predicted octanol–water partition coefficient (Wildman–Crippen LogP) is 1.40. The molecule has 1 saturated heterocycles. The van der Waals surface area contributed by atoms with Crippen LogP contribution in [0.2, 0.25) is 0 Å². The number of aliphatic hydroxyl groups is 1. The molecule has 0 radical (unpaired) electrons. The van der Waals surface area contributed by atoms with E-state index >= 15 is 0 Å². The number of β-amino-alcohol motifs (C(OH)–C–C–N with tert-alkyl or cyclic N) is 1. The summed E-state index contributed by atoms with van der Waals surface area (Å²) in [6, 6.07) is 0. The molecular formula is C12H23NO2. The van der Waals surface area contributed by atoms with Gasteiger partial charge in [-0.25, -0.2) is 0 Å². The van der Waals surface area contributed by atoms with Crippen LogP contribution in [0.25, 0.3) is 0 Å². The zero-order valence-corrected chi connectivity index (χ0v) is 9.74. The zero-order chi connectivity index (χ0) is 10.7. The summed E-state index contributed by atoms with van der Waals surface area (Å²) in [5.74, 6) is 0. The third kappa shape index (κ3) is 2.92. The molecular weight excluding hydrogens is 190 g/mol. The molecule has 3 heteroatoms. The van der Waals surface area contributed by atoms with E-state index in [2.05, 4.69) is 4.90 Å². The van der Waals surface area contributed by atoms with Gasteiger partial charge >= 0.3 is 0 Å². The SMILES string of the molecule is COC1CCN(CC2(O)CCCCC2)C1. The average molecular weight is 213 g/mol. The van der Waals surface area contributed by atoms with E-state index in [1.54, 1.807) is 7.11 Å². The van der Waals surface area contributed by atoms with Gasteiger partial charge in [0.05, 0.1) is 11.7 Å². The second-order valence-corrected chi connectivity index (χ2v) is 5.17. The van der Waals surface area contributed by atoms with Crippen LogP contribution in [-0.4, -0.2) is 48.5 Å². The number of methoxy groups -OCH3 is 1. The van der Waals surface area contributed by atoms with Crippen molar-refractivity contribution in [1.29, 1.82) is 0 Å². The lowest BCUT2D eigenvalue weighted by atomic mass is 9.84. The van der Waals surface area contributed by atoms with Crippen LogP contribution in [-0.2, 0) is 4.74 Å². The Hall–Kier alpha value is -0.120. The van der Waals surface area contributed by atoms with Gasteiger partial charge in [0, 0.05) is 26.7 Å². The lowest BCUT2D eigenvalue weighted by Gasteiger charge is -2.35. The van der Waals surface area contributed by atoms with E-state index in [0.717, 1.165) is 38.9 Å². The van der Waals surface area contributed by atoms with Crippen molar-refractivity contribution in [2.75, 3.05) is 26.7 Å². The highest BCUT2D eigenvalue weighted by Gasteiger charge is 2.33. The van der Waals surface area contributed by atoms with Gasteiger partial charge < -0.3 is 9.84 Å². The van der Waals surface area contributed by atoms with Gasteiger partial charge in [-0.15, -0.1) is 0 Å². The zero-order valence-electron chi connectivity index (χ0n) is 9.74. The maximum atomic E-state index is 10.4. The molecule has 1 unspecified atom stereocenters. The third-order valence-corrected chi connectivity index (χ3v) is 3.86. The van der Waals surface area contributed by atoms with E-state index in [9.17, 15) is 5.11 Å². The van der Waals surface area contributed by atoms with Gasteiger partial charge in [0.15, 0.2) is 0 Å². The molecule has 1 atom stereocenters. The summed E-state index contributed by atoms with van der Waals surface area (Å²) in [6.07, 6.45) is 7.16. The van der Waals surface area contributed by atoms with Crippen LogP contribution < -0.4 is 0 Å². The Kier molecular flexibility index (Phi) is 3.65. The van der Waals surface area contributed by atoms with Crippen molar-refractivity contribution in [3.8, 4) is 0 Å². The minimum absolute atomic E-state index is 0.386. The first-order valence-corrected chi connectivity index (χ1v) is 6.19. The van der Waals surface area contributed by atoms with Gasteiger partial charge in [-0.1, -0.05) is 19.3 Å². The number of nitrogens with zero attached hydrogens (tertiary/aromatic N) is 1. The molecule has 1 heterocycles. The van der Waals surface area contributed by atoms with E-state index in [1.807, 2.05) is 0 Å². The monoisotopic (exact) mass is 213 g/mol. The van der Waals surface area contributed by atoms with Crippen LogP contribution in [0.15, 0.2) is 0 Å². The molecule has 88 valence electrons. The van der Waals surface area contributed by atoms with Crippen LogP contribution in [0.5, 0.6) is 0 Å². The molecule has 1 aliphatic heterocycles. The lowest BCUT2D eigenvalue weighted by molar-refractivity contribution is -0.0242. The number of ether oxygens (including phenoxy) is 1. The van der Waals surface area contributed by atoms with E-state index in [4.69, 9.17) is 4.74 Å². The minimum atomic E-state index is -0.402. The van der Waals surface area contributed by atoms with Crippen LogP contribution in [0.1, 0.15) is 38.5 Å². The van der Waals surface area contributed by atoms with E-state index in [1.165, 1.54) is 19.3 Å². The molecule has 1 N–H and O–H groups in total. The van der Waals surface area contributed by atoms with Crippen molar-refractivity contribution in [2.45, 2.75) is 50.2 Å². The maximum absolute atomic E-state index is 10.4. The molecule has 1 aliphatic carbocycles. The third-order valence-electron chi connectivity index (χ3n) is 3.86. The van der Waals surface area contributed by atoms with Crippen LogP contribution in [0.4, 0.5) is 0 Å². The highest BCUT2D eigenvalue weighted by molar-refractivity contribution is 4.88. The highest BCUT2D eigenvalue weighted by atomic mass is 16.5. The summed E-state index contributed by atoms with van der Waals surface area (Å²) >= 11 is 0. The number of likely N-dealkylation sites (tertiary alicyclic amines) is 1. The molecule has 2 aliphatic rings. The van der Waals surface area contributed by atoms with Crippen LogP contribution in [0.3, 0.4) is 0 Å². The molecule has 15 heavy (non-hydrogen) atoms. The predicted molar refractivity (Wildman–Crippen MR) is 59.9 cm³/mol. The van der Waals surface area contributed by atoms with Crippen molar-refractivity contribution in [1.82, 2.24) is 4.90 Å². The van der Waals surface area contributed by atoms with E-state index < -0.39 is 5.60 Å². The number of hydrogen-bond donors (Lipinski definition) is 1. The number of hydrogen-bond acceptors (Lipinski definition) is 3. The maximum Gasteiger partial charge on any atom is 0.0774 e. The molecule has 0 bridgehead atoms. The largest absolute Gasteiger partial charge is 0.389 e. The standard InChI is InChI=1S/C12H23NO2/c1-15-11-5-8-13(9-11)10-12(14)6-3-2-4-7-12/h11,14H,2-10H2,1H3. The van der Waals surface area contributed by atoms with Crippen LogP contribution in [0, 0.1) is 0 Å². The van der Waals surface area contributed by atoms with Crippen LogP contribution >= 0.6 is 0 Å². The summed E-state index contributed by atoms with van der Waals surface area (Å²) in [5.41, 5.74) is -0.402. The molecule has 0 aromatic carbocycles. The normalized spacial score (nSPS) is 32.0. The van der Waals surface area contributed by atoms with Gasteiger partial charge in [0.25, 0.3) is 0 Å². The first kappa shape index (κ1) is 11.4. The Morgan fingerprint density at radius 1 is 1.33 bits per heavy atom. The molecule has 0 aromatic rings. The summed E-state index contributed by atoms with van der Waals surface area (Å²) in [4.78, 5) is 2.36. The molecule has 2 rings (SSSR count).